The highest BCUT2D eigenvalue weighted by molar-refractivity contribution is 5.97. The summed E-state index contributed by atoms with van der Waals surface area (Å²) in [5, 5.41) is 31.3. The predicted octanol–water partition coefficient (Wildman–Crippen LogP) is -4.51. The second-order valence-electron chi connectivity index (χ2n) is 19.6. The fraction of sp³-hybridized carbons (Fsp3) is 0.720. The summed E-state index contributed by atoms with van der Waals surface area (Å²) in [5.41, 5.74) is 5.87. The molecule has 0 radical (unpaired) electrons. The maximum Gasteiger partial charge on any atom is 0.322 e. The van der Waals surface area contributed by atoms with Gasteiger partial charge in [-0.15, -0.1) is 0 Å². The fourth-order valence-electron chi connectivity index (χ4n) is 8.20. The van der Waals surface area contributed by atoms with Crippen molar-refractivity contribution < 1.29 is 134 Å². The monoisotopic (exact) mass is 1210 g/mol. The Balaban J connectivity index is 2.82. The zero-order chi connectivity index (χ0) is 64.2. The first-order valence-corrected chi connectivity index (χ1v) is 26.0. The van der Waals surface area contributed by atoms with Gasteiger partial charge in [-0.1, -0.05) is 13.8 Å². The highest BCUT2D eigenvalue weighted by atomic mass is 16.8. The van der Waals surface area contributed by atoms with Gasteiger partial charge in [0.2, 0.25) is 29.5 Å². The van der Waals surface area contributed by atoms with E-state index in [0.717, 1.165) is 69.2 Å². The molecule has 2 heterocycles. The molecule has 0 aromatic heterocycles. The quantitative estimate of drug-likeness (QED) is 0.0258. The Kier molecular flexibility index (Phi) is 29.0. The number of carboxylic acids is 1. The molecule has 0 spiro atoms. The number of nitrogens with two attached hydrogens (primary N) is 1. The van der Waals surface area contributed by atoms with Gasteiger partial charge in [-0.25, -0.2) is 0 Å². The van der Waals surface area contributed by atoms with E-state index in [1.807, 2.05) is 5.32 Å². The van der Waals surface area contributed by atoms with Crippen molar-refractivity contribution in [1.82, 2.24) is 26.6 Å². The van der Waals surface area contributed by atoms with Crippen LogP contribution < -0.4 is 32.3 Å². The molecular weight excluding hydrogens is 1130 g/mol. The fourth-order valence-corrected chi connectivity index (χ4v) is 8.20. The van der Waals surface area contributed by atoms with E-state index >= 15 is 0 Å². The summed E-state index contributed by atoms with van der Waals surface area (Å²) in [5.74, 6) is -16.2. The third kappa shape index (κ3) is 23.2. The Morgan fingerprint density at radius 3 is 1.05 bits per heavy atom. The molecule has 0 aromatic carbocycles. The molecule has 0 bridgehead atoms. The SMILES string of the molecule is CC(=O)OC[C@H]1O[C@@H](O[C@H](C)[C@H](NC(=O)[C@H](C)N)C(=O)N[C@H](C(=O)N[C@H](C(=O)N[C@H](C(=O)NCC(=O)O)[C@@H](C)O)[C@@H](C)O[C@@H]2O[C@H](COC(C)=O)[C@H](OC(C)=O)[C@H](OC(C)=O)[C@H]2OC(C)=O)C(C)C)[C@H](OC(C)=O)[C@@H](OC(C)=O)[C@H]1OC(C)=O. The summed E-state index contributed by atoms with van der Waals surface area (Å²) in [7, 11) is 0. The predicted molar refractivity (Wildman–Crippen MR) is 274 cm³/mol. The maximum atomic E-state index is 14.7. The first kappa shape index (κ1) is 72.4. The summed E-state index contributed by atoms with van der Waals surface area (Å²) < 4.78 is 67.2. The maximum absolute atomic E-state index is 14.7. The summed E-state index contributed by atoms with van der Waals surface area (Å²) >= 11 is 0. The van der Waals surface area contributed by atoms with Gasteiger partial charge in [0, 0.05) is 55.4 Å². The third-order valence-corrected chi connectivity index (χ3v) is 11.8. The van der Waals surface area contributed by atoms with Crippen LogP contribution in [0.2, 0.25) is 0 Å². The molecule has 2 saturated heterocycles. The number of nitrogens with one attached hydrogen (secondary N) is 5. The van der Waals surface area contributed by atoms with Crippen molar-refractivity contribution >= 4 is 83.3 Å². The van der Waals surface area contributed by atoms with Crippen LogP contribution in [0.15, 0.2) is 0 Å². The van der Waals surface area contributed by atoms with Crippen LogP contribution in [-0.2, 0) is 124 Å². The van der Waals surface area contributed by atoms with Crippen LogP contribution in [0.4, 0.5) is 0 Å². The lowest BCUT2D eigenvalue weighted by Gasteiger charge is -2.45. The van der Waals surface area contributed by atoms with Crippen LogP contribution in [0, 0.1) is 5.92 Å². The third-order valence-electron chi connectivity index (χ3n) is 11.8. The van der Waals surface area contributed by atoms with Gasteiger partial charge in [0.05, 0.1) is 24.4 Å². The van der Waals surface area contributed by atoms with Crippen LogP contribution in [0.25, 0.3) is 0 Å². The van der Waals surface area contributed by atoms with Crippen molar-refractivity contribution in [3.63, 3.8) is 0 Å². The summed E-state index contributed by atoms with van der Waals surface area (Å²) in [6.07, 6.45) is -22.8. The Hall–Kier alpha value is -7.66. The molecule has 84 heavy (non-hydrogen) atoms. The second-order valence-corrected chi connectivity index (χ2v) is 19.6. The topological polar surface area (TPSA) is 476 Å². The Labute approximate surface area is 481 Å². The number of aliphatic hydroxyl groups is 1. The Morgan fingerprint density at radius 1 is 0.429 bits per heavy atom. The van der Waals surface area contributed by atoms with Gasteiger partial charge in [0.1, 0.15) is 56.1 Å². The van der Waals surface area contributed by atoms with E-state index in [2.05, 4.69) is 21.3 Å². The van der Waals surface area contributed by atoms with Gasteiger partial charge in [-0.2, -0.15) is 0 Å². The number of aliphatic hydroxyl groups excluding tert-OH is 1. The number of rotatable bonds is 29. The molecule has 2 fully saturated rings. The average molecular weight is 1210 g/mol. The zero-order valence-electron chi connectivity index (χ0n) is 48.7. The minimum absolute atomic E-state index is 0.675. The number of aliphatic carboxylic acids is 1. The van der Waals surface area contributed by atoms with E-state index in [1.54, 1.807) is 0 Å². The first-order valence-electron chi connectivity index (χ1n) is 26.0. The Bertz CT molecular complexity index is 2400. The zero-order valence-corrected chi connectivity index (χ0v) is 48.7. The van der Waals surface area contributed by atoms with Gasteiger partial charge in [0.25, 0.3) is 0 Å². The number of amides is 5. The number of carbonyl (C=O) groups excluding carboxylic acids is 13. The molecule has 34 heteroatoms. The molecule has 9 N–H and O–H groups in total. The average Bonchev–Trinajstić information content (AvgIpc) is 2.26. The minimum Gasteiger partial charge on any atom is -0.480 e. The largest absolute Gasteiger partial charge is 0.480 e. The lowest BCUT2D eigenvalue weighted by Crippen LogP contribution is -2.66. The number of ether oxygens (including phenoxy) is 12. The summed E-state index contributed by atoms with van der Waals surface area (Å²) in [6.45, 7) is 12.9. The van der Waals surface area contributed by atoms with Crippen LogP contribution in [0.5, 0.6) is 0 Å². The van der Waals surface area contributed by atoms with E-state index in [4.69, 9.17) is 62.6 Å². The minimum atomic E-state index is -2.12. The van der Waals surface area contributed by atoms with Crippen molar-refractivity contribution in [1.29, 1.82) is 0 Å². The molecule has 0 aliphatic carbocycles. The number of carboxylic acid groups (broad SMARTS) is 1. The number of esters is 8. The standard InChI is InChI=1S/C50H76N6O28/c1-18(2)34(53-47(71)36(55-44(68)19(3)51)21(5)75-49-42(81-29(13)64)40(79-27(11)62)38(77-25(9)60)31(83-49)16-73-23(7)58)46(70)56-37(48(72)54-35(20(4)57)45(69)52-15-33(66)67)22(6)76-50-43(82-30(14)65)41(80-28(12)63)39(78-26(10)61)32(84-50)17-74-24(8)59/h18-22,31-32,34-43,49-50,57H,15-17,51H2,1-14H3,(H,52,69)(H,53,71)(H,54,72)(H,55,68)(H,56,70)(H,66,67)/t19-,20+,21+,22+,31+,32+,34-,35-,36-,37-,38-,39-,40-,41-,42+,43+,49+,50+/m0/s1. The molecule has 5 amide bonds. The molecule has 474 valence electrons. The van der Waals surface area contributed by atoms with Crippen molar-refractivity contribution in [2.75, 3.05) is 19.8 Å². The van der Waals surface area contributed by atoms with Crippen molar-refractivity contribution in [3.05, 3.63) is 0 Å². The van der Waals surface area contributed by atoms with Gasteiger partial charge < -0.3 is 99.4 Å². The molecule has 2 rings (SSSR count). The molecule has 2 aliphatic heterocycles. The van der Waals surface area contributed by atoms with Crippen molar-refractivity contribution in [2.24, 2.45) is 11.7 Å². The van der Waals surface area contributed by atoms with Crippen LogP contribution in [-0.4, -0.2) is 223 Å². The van der Waals surface area contributed by atoms with Gasteiger partial charge >= 0.3 is 53.7 Å². The highest BCUT2D eigenvalue weighted by Gasteiger charge is 2.56. The normalized spacial score (nSPS) is 24.8. The van der Waals surface area contributed by atoms with Gasteiger partial charge in [-0.05, 0) is 33.6 Å². The Morgan fingerprint density at radius 2 is 0.738 bits per heavy atom. The molecule has 2 aliphatic rings. The van der Waals surface area contributed by atoms with Crippen molar-refractivity contribution in [3.8, 4) is 0 Å². The van der Waals surface area contributed by atoms with Crippen molar-refractivity contribution in [2.45, 2.75) is 207 Å². The summed E-state index contributed by atoms with van der Waals surface area (Å²) in [6, 6.07) is -9.06. The molecule has 0 saturated carbocycles. The van der Waals surface area contributed by atoms with Crippen LogP contribution in [0.3, 0.4) is 0 Å². The highest BCUT2D eigenvalue weighted by Crippen LogP contribution is 2.33. The van der Waals surface area contributed by atoms with Gasteiger partial charge in [-0.3, -0.25) is 67.1 Å². The smallest absolute Gasteiger partial charge is 0.322 e. The molecule has 18 atom stereocenters. The van der Waals surface area contributed by atoms with E-state index in [1.165, 1.54) is 27.7 Å². The van der Waals surface area contributed by atoms with E-state index < -0.39 is 219 Å². The lowest BCUT2D eigenvalue weighted by molar-refractivity contribution is -0.316. The van der Waals surface area contributed by atoms with Gasteiger partial charge in [0.15, 0.2) is 49.2 Å². The number of hydrogen-bond donors (Lipinski definition) is 8. The lowest BCUT2D eigenvalue weighted by atomic mass is 9.97. The second kappa shape index (κ2) is 33.6. The first-order chi connectivity index (χ1) is 38.9. The molecule has 0 unspecified atom stereocenters. The van der Waals surface area contributed by atoms with E-state index in [-0.39, 0.29) is 0 Å². The molecular formula is C50H76N6O28. The number of hydrogen-bond acceptors (Lipinski definition) is 28. The summed E-state index contributed by atoms with van der Waals surface area (Å²) in [4.78, 5) is 181. The van der Waals surface area contributed by atoms with E-state index in [9.17, 15) is 77.3 Å². The van der Waals surface area contributed by atoms with E-state index in [0.29, 0.717) is 0 Å². The molecule has 0 aromatic rings. The van der Waals surface area contributed by atoms with Crippen LogP contribution >= 0.6 is 0 Å². The van der Waals surface area contributed by atoms with Crippen LogP contribution in [0.1, 0.15) is 96.9 Å². The number of carbonyl (C=O) groups is 14. The molecule has 34 nitrogen and oxygen atoms in total.